The molecule has 0 bridgehead atoms. The number of hydrogen-bond donors (Lipinski definition) is 3. The minimum atomic E-state index is -0.238. The Morgan fingerprint density at radius 1 is 0.962 bits per heavy atom. The van der Waals surface area contributed by atoms with Crippen LogP contribution in [0.3, 0.4) is 0 Å². The Labute approximate surface area is 153 Å². The van der Waals surface area contributed by atoms with Crippen LogP contribution in [0.15, 0.2) is 59.6 Å². The van der Waals surface area contributed by atoms with E-state index in [2.05, 4.69) is 20.9 Å². The number of nitrogens with one attached hydrogen (secondary N) is 3. The van der Waals surface area contributed by atoms with Gasteiger partial charge in [-0.05, 0) is 36.6 Å². The second kappa shape index (κ2) is 10.9. The Bertz CT molecular complexity index is 702. The largest absolute Gasteiger partial charge is 0.357 e. The number of halogens is 1. The van der Waals surface area contributed by atoms with Crippen molar-refractivity contribution >= 4 is 11.9 Å². The van der Waals surface area contributed by atoms with E-state index in [1.807, 2.05) is 37.3 Å². The molecule has 0 aliphatic carbocycles. The first kappa shape index (κ1) is 19.4. The number of amides is 1. The van der Waals surface area contributed by atoms with E-state index in [1.165, 1.54) is 12.1 Å². The molecule has 0 radical (unpaired) electrons. The quantitative estimate of drug-likeness (QED) is 0.502. The summed E-state index contributed by atoms with van der Waals surface area (Å²) in [7, 11) is 0. The molecule has 2 aromatic carbocycles. The summed E-state index contributed by atoms with van der Waals surface area (Å²) < 4.78 is 12.9. The number of aliphatic imine (C=N–C) groups is 1. The van der Waals surface area contributed by atoms with Gasteiger partial charge in [0.05, 0.1) is 0 Å². The zero-order valence-corrected chi connectivity index (χ0v) is 15.0. The van der Waals surface area contributed by atoms with E-state index in [0.29, 0.717) is 25.6 Å². The molecule has 6 heteroatoms. The van der Waals surface area contributed by atoms with Gasteiger partial charge in [-0.15, -0.1) is 0 Å². The molecule has 3 N–H and O–H groups in total. The maximum Gasteiger partial charge on any atom is 0.242 e. The third kappa shape index (κ3) is 7.34. The lowest BCUT2D eigenvalue weighted by atomic mass is 10.1. The molecule has 0 spiro atoms. The van der Waals surface area contributed by atoms with Crippen LogP contribution in [0, 0.1) is 5.82 Å². The highest BCUT2D eigenvalue weighted by molar-refractivity contribution is 5.84. The Kier molecular flexibility index (Phi) is 8.12. The predicted octanol–water partition coefficient (Wildman–Crippen LogP) is 2.24. The number of hydrogen-bond acceptors (Lipinski definition) is 2. The Morgan fingerprint density at radius 3 is 2.38 bits per heavy atom. The molecule has 2 aromatic rings. The fourth-order valence-corrected chi connectivity index (χ4v) is 2.32. The average Bonchev–Trinajstić information content (AvgIpc) is 2.67. The standard InChI is InChI=1S/C20H25FN4O/c1-2-22-20(23-13-12-16-8-10-18(21)11-9-16)25-15-19(26)24-14-17-6-4-3-5-7-17/h3-11H,2,12-15H2,1H3,(H,24,26)(H2,22,23,25). The molecule has 138 valence electrons. The summed E-state index contributed by atoms with van der Waals surface area (Å²) in [5.74, 6) is 0.215. The maximum absolute atomic E-state index is 12.9. The zero-order chi connectivity index (χ0) is 18.6. The Balaban J connectivity index is 1.75. The topological polar surface area (TPSA) is 65.5 Å². The van der Waals surface area contributed by atoms with E-state index in [1.54, 1.807) is 12.1 Å². The van der Waals surface area contributed by atoms with Crippen molar-refractivity contribution in [1.29, 1.82) is 0 Å². The molecule has 0 aliphatic rings. The van der Waals surface area contributed by atoms with Crippen molar-refractivity contribution in [2.24, 2.45) is 4.99 Å². The number of carbonyl (C=O) groups is 1. The summed E-state index contributed by atoms with van der Waals surface area (Å²) >= 11 is 0. The number of guanidine groups is 1. The minimum absolute atomic E-state index is 0.0543. The average molecular weight is 356 g/mol. The van der Waals surface area contributed by atoms with E-state index in [4.69, 9.17) is 0 Å². The van der Waals surface area contributed by atoms with Crippen molar-refractivity contribution in [2.45, 2.75) is 19.9 Å². The molecule has 0 heterocycles. The van der Waals surface area contributed by atoms with Crippen LogP contribution in [0.1, 0.15) is 18.1 Å². The molecule has 2 rings (SSSR count). The molecule has 0 saturated carbocycles. The van der Waals surface area contributed by atoms with Gasteiger partial charge in [0.25, 0.3) is 0 Å². The maximum atomic E-state index is 12.9. The predicted molar refractivity (Wildman–Crippen MR) is 102 cm³/mol. The fraction of sp³-hybridized carbons (Fsp3) is 0.300. The van der Waals surface area contributed by atoms with Crippen LogP contribution in [0.5, 0.6) is 0 Å². The second-order valence-corrected chi connectivity index (χ2v) is 5.76. The van der Waals surface area contributed by atoms with Crippen molar-refractivity contribution in [3.8, 4) is 0 Å². The molecule has 1 amide bonds. The zero-order valence-electron chi connectivity index (χ0n) is 15.0. The van der Waals surface area contributed by atoms with Gasteiger partial charge in [0.15, 0.2) is 5.96 Å². The first-order valence-electron chi connectivity index (χ1n) is 8.74. The summed E-state index contributed by atoms with van der Waals surface area (Å²) in [5.41, 5.74) is 2.09. The lowest BCUT2D eigenvalue weighted by Crippen LogP contribution is -2.39. The van der Waals surface area contributed by atoms with Gasteiger partial charge in [-0.25, -0.2) is 9.38 Å². The minimum Gasteiger partial charge on any atom is -0.357 e. The van der Waals surface area contributed by atoms with E-state index < -0.39 is 0 Å². The van der Waals surface area contributed by atoms with Gasteiger partial charge in [0.1, 0.15) is 12.4 Å². The van der Waals surface area contributed by atoms with Gasteiger partial charge in [-0.1, -0.05) is 42.5 Å². The molecule has 26 heavy (non-hydrogen) atoms. The van der Waals surface area contributed by atoms with Gasteiger partial charge in [-0.2, -0.15) is 0 Å². The number of benzene rings is 2. The monoisotopic (exact) mass is 356 g/mol. The van der Waals surface area contributed by atoms with Gasteiger partial charge in [0, 0.05) is 19.6 Å². The molecule has 0 aromatic heterocycles. The molecular formula is C20H25FN4O. The molecule has 0 saturated heterocycles. The third-order valence-electron chi connectivity index (χ3n) is 3.68. The SMILES string of the molecule is CCNC(=NCC(=O)NCc1ccccc1)NCCc1ccc(F)cc1. The summed E-state index contributed by atoms with van der Waals surface area (Å²) in [6.07, 6.45) is 0.741. The van der Waals surface area contributed by atoms with Crippen LogP contribution >= 0.6 is 0 Å². The van der Waals surface area contributed by atoms with Crippen LogP contribution < -0.4 is 16.0 Å². The first-order chi connectivity index (χ1) is 12.7. The molecule has 0 fully saturated rings. The van der Waals surface area contributed by atoms with Gasteiger partial charge in [0.2, 0.25) is 5.91 Å². The van der Waals surface area contributed by atoms with E-state index in [9.17, 15) is 9.18 Å². The van der Waals surface area contributed by atoms with Crippen molar-refractivity contribution in [2.75, 3.05) is 19.6 Å². The molecule has 0 aliphatic heterocycles. The molecule has 0 atom stereocenters. The van der Waals surface area contributed by atoms with E-state index in [-0.39, 0.29) is 18.3 Å². The number of rotatable bonds is 8. The van der Waals surface area contributed by atoms with Crippen molar-refractivity contribution in [1.82, 2.24) is 16.0 Å². The normalized spacial score (nSPS) is 11.1. The van der Waals surface area contributed by atoms with Crippen molar-refractivity contribution in [3.05, 3.63) is 71.5 Å². The highest BCUT2D eigenvalue weighted by Crippen LogP contribution is 2.02. The highest BCUT2D eigenvalue weighted by Gasteiger charge is 2.03. The highest BCUT2D eigenvalue weighted by atomic mass is 19.1. The number of nitrogens with zero attached hydrogens (tertiary/aromatic N) is 1. The van der Waals surface area contributed by atoms with Crippen LogP contribution in [0.25, 0.3) is 0 Å². The number of carbonyl (C=O) groups excluding carboxylic acids is 1. The third-order valence-corrected chi connectivity index (χ3v) is 3.68. The Hall–Kier alpha value is -2.89. The van der Waals surface area contributed by atoms with Crippen LogP contribution in [0.2, 0.25) is 0 Å². The van der Waals surface area contributed by atoms with E-state index >= 15 is 0 Å². The fourth-order valence-electron chi connectivity index (χ4n) is 2.32. The molecular weight excluding hydrogens is 331 g/mol. The van der Waals surface area contributed by atoms with E-state index in [0.717, 1.165) is 17.5 Å². The lowest BCUT2D eigenvalue weighted by Gasteiger charge is -2.11. The molecule has 0 unspecified atom stereocenters. The second-order valence-electron chi connectivity index (χ2n) is 5.76. The van der Waals surface area contributed by atoms with Gasteiger partial charge in [-0.3, -0.25) is 4.79 Å². The van der Waals surface area contributed by atoms with Crippen molar-refractivity contribution < 1.29 is 9.18 Å². The smallest absolute Gasteiger partial charge is 0.242 e. The van der Waals surface area contributed by atoms with Crippen LogP contribution in [-0.2, 0) is 17.8 Å². The van der Waals surface area contributed by atoms with Gasteiger partial charge < -0.3 is 16.0 Å². The first-order valence-corrected chi connectivity index (χ1v) is 8.74. The molecule has 5 nitrogen and oxygen atoms in total. The summed E-state index contributed by atoms with van der Waals surface area (Å²) in [4.78, 5) is 16.2. The lowest BCUT2D eigenvalue weighted by molar-refractivity contribution is -0.119. The van der Waals surface area contributed by atoms with Crippen LogP contribution in [0.4, 0.5) is 4.39 Å². The van der Waals surface area contributed by atoms with Crippen LogP contribution in [-0.4, -0.2) is 31.5 Å². The summed E-state index contributed by atoms with van der Waals surface area (Å²) in [6, 6.07) is 16.2. The Morgan fingerprint density at radius 2 is 1.69 bits per heavy atom. The summed E-state index contributed by atoms with van der Waals surface area (Å²) in [6.45, 7) is 3.85. The van der Waals surface area contributed by atoms with Gasteiger partial charge >= 0.3 is 0 Å². The summed E-state index contributed by atoms with van der Waals surface area (Å²) in [5, 5.41) is 9.13. The van der Waals surface area contributed by atoms with Crippen molar-refractivity contribution in [3.63, 3.8) is 0 Å².